The first-order chi connectivity index (χ1) is 15.2. The quantitative estimate of drug-likeness (QED) is 0.456. The molecule has 6 nitrogen and oxygen atoms in total. The standard InChI is InChI=1S/C24H19ClFN3O3/c1-13-4-5-17(25)12-21(13)28-14(2)10-16(15(28)3)11-20-22(30)27-24(32)29(23(20)31)19-8-6-18(26)7-9-19/h4-12H,1-3H3,(H,27,30,32)/b20-11+. The van der Waals surface area contributed by atoms with Gasteiger partial charge in [-0.1, -0.05) is 17.7 Å². The molecule has 0 unspecified atom stereocenters. The first-order valence-corrected chi connectivity index (χ1v) is 10.2. The number of benzene rings is 2. The molecule has 8 heteroatoms. The third kappa shape index (κ3) is 3.71. The summed E-state index contributed by atoms with van der Waals surface area (Å²) in [5, 5.41) is 2.76. The molecule has 0 bridgehead atoms. The maximum Gasteiger partial charge on any atom is 0.335 e. The Kier molecular flexibility index (Phi) is 5.44. The highest BCUT2D eigenvalue weighted by molar-refractivity contribution is 6.39. The Balaban J connectivity index is 1.78. The minimum atomic E-state index is -0.885. The minimum absolute atomic E-state index is 0.160. The summed E-state index contributed by atoms with van der Waals surface area (Å²) in [5.74, 6) is -2.08. The lowest BCUT2D eigenvalue weighted by molar-refractivity contribution is -0.122. The molecule has 1 aliphatic rings. The molecular weight excluding hydrogens is 433 g/mol. The number of nitrogens with one attached hydrogen (secondary N) is 1. The molecule has 0 aliphatic carbocycles. The van der Waals surface area contributed by atoms with Crippen molar-refractivity contribution in [2.75, 3.05) is 4.90 Å². The van der Waals surface area contributed by atoms with Gasteiger partial charge in [-0.2, -0.15) is 0 Å². The van der Waals surface area contributed by atoms with Crippen molar-refractivity contribution in [2.45, 2.75) is 20.8 Å². The lowest BCUT2D eigenvalue weighted by Crippen LogP contribution is -2.54. The van der Waals surface area contributed by atoms with Crippen molar-refractivity contribution in [3.63, 3.8) is 0 Å². The lowest BCUT2D eigenvalue weighted by Gasteiger charge is -2.26. The summed E-state index contributed by atoms with van der Waals surface area (Å²) in [6.45, 7) is 5.74. The molecule has 0 spiro atoms. The highest BCUT2D eigenvalue weighted by Crippen LogP contribution is 2.28. The number of halogens is 2. The maximum absolute atomic E-state index is 13.3. The molecule has 0 radical (unpaired) electrons. The van der Waals surface area contributed by atoms with E-state index in [-0.39, 0.29) is 11.3 Å². The molecule has 1 N–H and O–H groups in total. The van der Waals surface area contributed by atoms with E-state index in [0.717, 1.165) is 39.7 Å². The van der Waals surface area contributed by atoms with Gasteiger partial charge in [-0.3, -0.25) is 14.9 Å². The van der Waals surface area contributed by atoms with Crippen molar-refractivity contribution in [1.82, 2.24) is 9.88 Å². The minimum Gasteiger partial charge on any atom is -0.318 e. The molecule has 0 atom stereocenters. The Labute approximate surface area is 188 Å². The van der Waals surface area contributed by atoms with E-state index in [1.807, 2.05) is 49.6 Å². The van der Waals surface area contributed by atoms with Crippen LogP contribution in [0.3, 0.4) is 0 Å². The Hall–Kier alpha value is -3.71. The normalized spacial score (nSPS) is 15.5. The molecule has 1 aromatic heterocycles. The predicted octanol–water partition coefficient (Wildman–Crippen LogP) is 4.86. The molecule has 1 fully saturated rings. The van der Waals surface area contributed by atoms with E-state index in [1.54, 1.807) is 0 Å². The summed E-state index contributed by atoms with van der Waals surface area (Å²) in [6.07, 6.45) is 1.46. The molecule has 2 heterocycles. The van der Waals surface area contributed by atoms with Crippen LogP contribution in [0.25, 0.3) is 11.8 Å². The van der Waals surface area contributed by atoms with E-state index in [9.17, 15) is 18.8 Å². The average Bonchev–Trinajstić information content (AvgIpc) is 3.01. The SMILES string of the molecule is Cc1ccc(Cl)cc1-n1c(C)cc(/C=C2\C(=O)NC(=O)N(c3ccc(F)cc3)C2=O)c1C. The fraction of sp³-hybridized carbons (Fsp3) is 0.125. The van der Waals surface area contributed by atoms with E-state index in [2.05, 4.69) is 5.32 Å². The molecule has 4 rings (SSSR count). The number of nitrogens with zero attached hydrogens (tertiary/aromatic N) is 2. The maximum atomic E-state index is 13.3. The van der Waals surface area contributed by atoms with E-state index < -0.39 is 23.7 Å². The molecule has 162 valence electrons. The zero-order chi connectivity index (χ0) is 23.2. The van der Waals surface area contributed by atoms with Crippen molar-refractivity contribution in [1.29, 1.82) is 0 Å². The number of urea groups is 1. The number of rotatable bonds is 3. The van der Waals surface area contributed by atoms with Gasteiger partial charge in [0, 0.05) is 22.1 Å². The largest absolute Gasteiger partial charge is 0.335 e. The van der Waals surface area contributed by atoms with Gasteiger partial charge in [-0.05, 0) is 80.4 Å². The number of aryl methyl sites for hydroxylation is 2. The van der Waals surface area contributed by atoms with Crippen molar-refractivity contribution < 1.29 is 18.8 Å². The van der Waals surface area contributed by atoms with Crippen LogP contribution in [0.2, 0.25) is 5.02 Å². The van der Waals surface area contributed by atoms with E-state index in [4.69, 9.17) is 11.6 Å². The number of anilines is 1. The van der Waals surface area contributed by atoms with Crippen LogP contribution >= 0.6 is 11.6 Å². The molecule has 1 saturated heterocycles. The summed E-state index contributed by atoms with van der Waals surface area (Å²) in [6, 6.07) is 11.4. The first-order valence-electron chi connectivity index (χ1n) is 9.80. The van der Waals surface area contributed by atoms with Crippen LogP contribution in [-0.4, -0.2) is 22.4 Å². The van der Waals surface area contributed by atoms with Crippen LogP contribution in [0.1, 0.15) is 22.5 Å². The van der Waals surface area contributed by atoms with Gasteiger partial charge in [0.1, 0.15) is 11.4 Å². The summed E-state index contributed by atoms with van der Waals surface area (Å²) >= 11 is 6.19. The van der Waals surface area contributed by atoms with Gasteiger partial charge in [0.05, 0.1) is 5.69 Å². The Bertz CT molecular complexity index is 1310. The van der Waals surface area contributed by atoms with Gasteiger partial charge in [0.25, 0.3) is 11.8 Å². The fourth-order valence-electron chi connectivity index (χ4n) is 3.77. The smallest absolute Gasteiger partial charge is 0.318 e. The van der Waals surface area contributed by atoms with Crippen molar-refractivity contribution in [3.05, 3.63) is 87.5 Å². The second-order valence-corrected chi connectivity index (χ2v) is 7.96. The number of hydrogen-bond donors (Lipinski definition) is 1. The fourth-order valence-corrected chi connectivity index (χ4v) is 3.93. The van der Waals surface area contributed by atoms with Crippen LogP contribution in [-0.2, 0) is 9.59 Å². The lowest BCUT2D eigenvalue weighted by atomic mass is 10.1. The second kappa shape index (κ2) is 8.09. The van der Waals surface area contributed by atoms with Crippen LogP contribution in [0.15, 0.2) is 54.1 Å². The van der Waals surface area contributed by atoms with Gasteiger partial charge >= 0.3 is 6.03 Å². The van der Waals surface area contributed by atoms with E-state index >= 15 is 0 Å². The zero-order valence-electron chi connectivity index (χ0n) is 17.6. The Morgan fingerprint density at radius 1 is 0.969 bits per heavy atom. The number of aromatic nitrogens is 1. The summed E-state index contributed by atoms with van der Waals surface area (Å²) in [4.78, 5) is 38.7. The Morgan fingerprint density at radius 2 is 1.66 bits per heavy atom. The van der Waals surface area contributed by atoms with Gasteiger partial charge in [-0.25, -0.2) is 14.1 Å². The van der Waals surface area contributed by atoms with Crippen molar-refractivity contribution >= 4 is 41.2 Å². The highest BCUT2D eigenvalue weighted by atomic mass is 35.5. The summed E-state index contributed by atoms with van der Waals surface area (Å²) in [7, 11) is 0. The topological polar surface area (TPSA) is 71.4 Å². The number of imide groups is 2. The van der Waals surface area contributed by atoms with Gasteiger partial charge in [-0.15, -0.1) is 0 Å². The third-order valence-electron chi connectivity index (χ3n) is 5.37. The van der Waals surface area contributed by atoms with Crippen molar-refractivity contribution in [2.24, 2.45) is 0 Å². The van der Waals surface area contributed by atoms with Gasteiger partial charge in [0.15, 0.2) is 0 Å². The van der Waals surface area contributed by atoms with Gasteiger partial charge < -0.3 is 4.57 Å². The molecule has 2 aromatic carbocycles. The highest BCUT2D eigenvalue weighted by Gasteiger charge is 2.37. The second-order valence-electron chi connectivity index (χ2n) is 7.53. The molecule has 3 aromatic rings. The summed E-state index contributed by atoms with van der Waals surface area (Å²) < 4.78 is 15.3. The van der Waals surface area contributed by atoms with E-state index in [1.165, 1.54) is 18.2 Å². The number of barbiturate groups is 1. The number of amides is 4. The number of carbonyl (C=O) groups excluding carboxylic acids is 3. The number of carbonyl (C=O) groups is 3. The Morgan fingerprint density at radius 3 is 2.34 bits per heavy atom. The summed E-state index contributed by atoms with van der Waals surface area (Å²) in [5.41, 5.74) is 4.19. The van der Waals surface area contributed by atoms with Crippen LogP contribution in [0.5, 0.6) is 0 Å². The number of hydrogen-bond acceptors (Lipinski definition) is 3. The molecule has 32 heavy (non-hydrogen) atoms. The average molecular weight is 452 g/mol. The first kappa shape index (κ1) is 21.5. The molecule has 0 saturated carbocycles. The molecule has 4 amide bonds. The zero-order valence-corrected chi connectivity index (χ0v) is 18.3. The molecular formula is C24H19ClFN3O3. The molecule has 1 aliphatic heterocycles. The van der Waals surface area contributed by atoms with Crippen LogP contribution in [0.4, 0.5) is 14.9 Å². The third-order valence-corrected chi connectivity index (χ3v) is 5.60. The van der Waals surface area contributed by atoms with Gasteiger partial charge in [0.2, 0.25) is 0 Å². The predicted molar refractivity (Wildman–Crippen MR) is 120 cm³/mol. The monoisotopic (exact) mass is 451 g/mol. The van der Waals surface area contributed by atoms with Crippen molar-refractivity contribution in [3.8, 4) is 5.69 Å². The van der Waals surface area contributed by atoms with E-state index in [0.29, 0.717) is 10.6 Å². The van der Waals surface area contributed by atoms with Crippen LogP contribution in [0, 0.1) is 26.6 Å². The van der Waals surface area contributed by atoms with Crippen LogP contribution < -0.4 is 10.2 Å².